The molecule has 1 heterocycles. The molecule has 4 heteroatoms. The van der Waals surface area contributed by atoms with Crippen molar-refractivity contribution >= 4 is 11.6 Å². The summed E-state index contributed by atoms with van der Waals surface area (Å²) < 4.78 is 18.7. The standard InChI is InChI=1S/C15H21ClFNO/c1-12-10-14(17)3-2-13(12)11-18-7-4-15(5-8-18)19-9-6-16/h2-3,10,15H,4-9,11H2,1H3. The van der Waals surface area contributed by atoms with E-state index in [1.165, 1.54) is 5.56 Å². The van der Waals surface area contributed by atoms with Gasteiger partial charge in [-0.05, 0) is 43.0 Å². The van der Waals surface area contributed by atoms with Crippen molar-refractivity contribution in [1.82, 2.24) is 4.90 Å². The van der Waals surface area contributed by atoms with Crippen LogP contribution in [0.15, 0.2) is 18.2 Å². The van der Waals surface area contributed by atoms with Crippen molar-refractivity contribution in [3.05, 3.63) is 35.1 Å². The van der Waals surface area contributed by atoms with Crippen molar-refractivity contribution in [1.29, 1.82) is 0 Å². The lowest BCUT2D eigenvalue weighted by Crippen LogP contribution is -2.36. The van der Waals surface area contributed by atoms with E-state index in [0.717, 1.165) is 38.0 Å². The van der Waals surface area contributed by atoms with Gasteiger partial charge in [-0.25, -0.2) is 4.39 Å². The highest BCUT2D eigenvalue weighted by molar-refractivity contribution is 6.17. The van der Waals surface area contributed by atoms with E-state index in [2.05, 4.69) is 4.90 Å². The first kappa shape index (κ1) is 14.8. The Morgan fingerprint density at radius 2 is 2.11 bits per heavy atom. The number of benzene rings is 1. The average Bonchev–Trinajstić information content (AvgIpc) is 2.41. The van der Waals surface area contributed by atoms with Crippen LogP contribution in [0.3, 0.4) is 0 Å². The zero-order valence-corrected chi connectivity index (χ0v) is 12.1. The number of rotatable bonds is 5. The van der Waals surface area contributed by atoms with Gasteiger partial charge in [0.05, 0.1) is 12.7 Å². The van der Waals surface area contributed by atoms with E-state index in [0.29, 0.717) is 18.6 Å². The highest BCUT2D eigenvalue weighted by Gasteiger charge is 2.19. The molecule has 0 atom stereocenters. The summed E-state index contributed by atoms with van der Waals surface area (Å²) >= 11 is 5.62. The van der Waals surface area contributed by atoms with Gasteiger partial charge in [-0.2, -0.15) is 0 Å². The van der Waals surface area contributed by atoms with Crippen LogP contribution < -0.4 is 0 Å². The second kappa shape index (κ2) is 7.22. The van der Waals surface area contributed by atoms with Crippen LogP contribution in [-0.2, 0) is 11.3 Å². The van der Waals surface area contributed by atoms with Gasteiger partial charge in [-0.1, -0.05) is 6.07 Å². The molecule has 1 aliphatic heterocycles. The predicted octanol–water partition coefficient (Wildman–Crippen LogP) is 3.35. The Labute approximate surface area is 119 Å². The number of hydrogen-bond acceptors (Lipinski definition) is 2. The topological polar surface area (TPSA) is 12.5 Å². The average molecular weight is 286 g/mol. The van der Waals surface area contributed by atoms with E-state index >= 15 is 0 Å². The van der Waals surface area contributed by atoms with E-state index in [9.17, 15) is 4.39 Å². The predicted molar refractivity (Wildman–Crippen MR) is 76.1 cm³/mol. The molecule has 2 rings (SSSR count). The molecule has 0 aromatic heterocycles. The van der Waals surface area contributed by atoms with Crippen molar-refractivity contribution in [2.75, 3.05) is 25.6 Å². The summed E-state index contributed by atoms with van der Waals surface area (Å²) in [6.07, 6.45) is 2.46. The number of nitrogens with zero attached hydrogens (tertiary/aromatic N) is 1. The number of halogens is 2. The molecule has 1 fully saturated rings. The molecule has 0 N–H and O–H groups in total. The molecular weight excluding hydrogens is 265 g/mol. The van der Waals surface area contributed by atoms with E-state index in [4.69, 9.17) is 16.3 Å². The maximum Gasteiger partial charge on any atom is 0.123 e. The van der Waals surface area contributed by atoms with Crippen LogP contribution in [-0.4, -0.2) is 36.6 Å². The quantitative estimate of drug-likeness (QED) is 0.769. The lowest BCUT2D eigenvalue weighted by molar-refractivity contribution is 0.0134. The van der Waals surface area contributed by atoms with Gasteiger partial charge in [0.1, 0.15) is 5.82 Å². The van der Waals surface area contributed by atoms with Crippen LogP contribution >= 0.6 is 11.6 Å². The zero-order chi connectivity index (χ0) is 13.7. The molecule has 0 radical (unpaired) electrons. The summed E-state index contributed by atoms with van der Waals surface area (Å²) in [6.45, 7) is 5.57. The number of aryl methyl sites for hydroxylation is 1. The third-order valence-electron chi connectivity index (χ3n) is 3.66. The first-order valence-electron chi connectivity index (χ1n) is 6.84. The minimum absolute atomic E-state index is 0.158. The fourth-order valence-corrected chi connectivity index (χ4v) is 2.61. The lowest BCUT2D eigenvalue weighted by atomic mass is 10.0. The van der Waals surface area contributed by atoms with Gasteiger partial charge in [0.25, 0.3) is 0 Å². The van der Waals surface area contributed by atoms with E-state index in [-0.39, 0.29) is 5.82 Å². The van der Waals surface area contributed by atoms with E-state index < -0.39 is 0 Å². The largest absolute Gasteiger partial charge is 0.377 e. The van der Waals surface area contributed by atoms with Gasteiger partial charge in [0, 0.05) is 25.5 Å². The van der Waals surface area contributed by atoms with Gasteiger partial charge in [0.2, 0.25) is 0 Å². The molecular formula is C15H21ClFNO. The summed E-state index contributed by atoms with van der Waals surface area (Å²) in [5, 5.41) is 0. The molecule has 19 heavy (non-hydrogen) atoms. The molecule has 1 aromatic carbocycles. The van der Waals surface area contributed by atoms with Gasteiger partial charge in [0.15, 0.2) is 0 Å². The molecule has 1 aliphatic rings. The number of hydrogen-bond donors (Lipinski definition) is 0. The molecule has 0 saturated carbocycles. The van der Waals surface area contributed by atoms with Crippen molar-refractivity contribution in [2.45, 2.75) is 32.4 Å². The van der Waals surface area contributed by atoms with Crippen molar-refractivity contribution in [3.63, 3.8) is 0 Å². The second-order valence-corrected chi connectivity index (χ2v) is 5.48. The Morgan fingerprint density at radius 1 is 1.37 bits per heavy atom. The molecule has 0 amide bonds. The van der Waals surface area contributed by atoms with Crippen LogP contribution in [0.4, 0.5) is 4.39 Å². The SMILES string of the molecule is Cc1cc(F)ccc1CN1CCC(OCCCl)CC1. The van der Waals surface area contributed by atoms with Gasteiger partial charge in [-0.15, -0.1) is 11.6 Å². The minimum Gasteiger partial charge on any atom is -0.377 e. The van der Waals surface area contributed by atoms with Gasteiger partial charge in [-0.3, -0.25) is 4.90 Å². The Morgan fingerprint density at radius 3 is 2.74 bits per heavy atom. The van der Waals surface area contributed by atoms with Gasteiger partial charge >= 0.3 is 0 Å². The number of likely N-dealkylation sites (tertiary alicyclic amines) is 1. The van der Waals surface area contributed by atoms with E-state index in [1.807, 2.05) is 13.0 Å². The minimum atomic E-state index is -0.158. The van der Waals surface area contributed by atoms with Gasteiger partial charge < -0.3 is 4.74 Å². The third-order valence-corrected chi connectivity index (χ3v) is 3.82. The molecule has 2 nitrogen and oxygen atoms in total. The molecule has 1 saturated heterocycles. The number of alkyl halides is 1. The number of ether oxygens (including phenoxy) is 1. The van der Waals surface area contributed by atoms with E-state index in [1.54, 1.807) is 12.1 Å². The molecule has 1 aromatic rings. The summed E-state index contributed by atoms with van der Waals surface area (Å²) in [5.41, 5.74) is 2.24. The van der Waals surface area contributed by atoms with Crippen LogP contribution in [0.5, 0.6) is 0 Å². The number of piperidine rings is 1. The summed E-state index contributed by atoms with van der Waals surface area (Å²) in [5.74, 6) is 0.407. The van der Waals surface area contributed by atoms with Crippen LogP contribution in [0, 0.1) is 12.7 Å². The highest BCUT2D eigenvalue weighted by atomic mass is 35.5. The third kappa shape index (κ3) is 4.44. The van der Waals surface area contributed by atoms with Crippen molar-refractivity contribution in [3.8, 4) is 0 Å². The molecule has 0 spiro atoms. The summed E-state index contributed by atoms with van der Waals surface area (Å²) in [6, 6.07) is 5.03. The second-order valence-electron chi connectivity index (χ2n) is 5.11. The van der Waals surface area contributed by atoms with Crippen LogP contribution in [0.2, 0.25) is 0 Å². The first-order chi connectivity index (χ1) is 9.19. The first-order valence-corrected chi connectivity index (χ1v) is 7.37. The molecule has 0 bridgehead atoms. The maximum atomic E-state index is 13.1. The Hall–Kier alpha value is -0.640. The Balaban J connectivity index is 1.82. The Kier molecular flexibility index (Phi) is 5.61. The van der Waals surface area contributed by atoms with Crippen molar-refractivity contribution < 1.29 is 9.13 Å². The maximum absolute atomic E-state index is 13.1. The highest BCUT2D eigenvalue weighted by Crippen LogP contribution is 2.18. The fourth-order valence-electron chi connectivity index (χ4n) is 2.52. The lowest BCUT2D eigenvalue weighted by Gasteiger charge is -2.32. The van der Waals surface area contributed by atoms with Crippen LogP contribution in [0.25, 0.3) is 0 Å². The summed E-state index contributed by atoms with van der Waals surface area (Å²) in [7, 11) is 0. The smallest absolute Gasteiger partial charge is 0.123 e. The molecule has 0 aliphatic carbocycles. The fraction of sp³-hybridized carbons (Fsp3) is 0.600. The van der Waals surface area contributed by atoms with Crippen LogP contribution in [0.1, 0.15) is 24.0 Å². The Bertz CT molecular complexity index is 405. The summed E-state index contributed by atoms with van der Waals surface area (Å²) in [4.78, 5) is 2.40. The molecule has 106 valence electrons. The normalized spacial score (nSPS) is 17.8. The zero-order valence-electron chi connectivity index (χ0n) is 11.4. The monoisotopic (exact) mass is 285 g/mol. The van der Waals surface area contributed by atoms with Crippen molar-refractivity contribution in [2.24, 2.45) is 0 Å². The molecule has 0 unspecified atom stereocenters.